The predicted molar refractivity (Wildman–Crippen MR) is 149 cm³/mol. The number of amides is 1. The van der Waals surface area contributed by atoms with Crippen molar-refractivity contribution in [2.24, 2.45) is 0 Å². The molecule has 2 saturated heterocycles. The average Bonchev–Trinajstić information content (AvgIpc) is 3.13. The Hall–Kier alpha value is -2.94. The van der Waals surface area contributed by atoms with Gasteiger partial charge >= 0.3 is 0 Å². The summed E-state index contributed by atoms with van der Waals surface area (Å²) >= 11 is 6.84. The molecule has 2 aromatic carbocycles. The van der Waals surface area contributed by atoms with Crippen molar-refractivity contribution in [2.45, 2.75) is 20.0 Å². The van der Waals surface area contributed by atoms with E-state index in [1.807, 2.05) is 55.5 Å². The lowest BCUT2D eigenvalue weighted by Crippen LogP contribution is -2.45. The van der Waals surface area contributed by atoms with Crippen LogP contribution in [0.4, 0.5) is 5.69 Å². The van der Waals surface area contributed by atoms with E-state index >= 15 is 0 Å². The van der Waals surface area contributed by atoms with Crippen LogP contribution in [0.5, 0.6) is 0 Å². The lowest BCUT2D eigenvalue weighted by atomic mass is 10.0. The summed E-state index contributed by atoms with van der Waals surface area (Å²) in [6.07, 6.45) is 1.78. The van der Waals surface area contributed by atoms with Crippen LogP contribution in [0.1, 0.15) is 18.1 Å². The van der Waals surface area contributed by atoms with E-state index in [9.17, 15) is 9.59 Å². The van der Waals surface area contributed by atoms with E-state index in [4.69, 9.17) is 12.2 Å². The molecule has 1 amide bonds. The Balaban J connectivity index is 1.62. The van der Waals surface area contributed by atoms with Gasteiger partial charge in [0.25, 0.3) is 11.5 Å². The first-order chi connectivity index (χ1) is 17.0. The van der Waals surface area contributed by atoms with Crippen molar-refractivity contribution in [3.63, 3.8) is 0 Å². The van der Waals surface area contributed by atoms with Gasteiger partial charge in [-0.2, -0.15) is 0 Å². The Bertz CT molecular complexity index is 1380. The predicted octanol–water partition coefficient (Wildman–Crippen LogP) is 4.17. The fourth-order valence-electron chi connectivity index (χ4n) is 4.76. The van der Waals surface area contributed by atoms with Gasteiger partial charge in [0.1, 0.15) is 4.32 Å². The zero-order valence-corrected chi connectivity index (χ0v) is 21.6. The van der Waals surface area contributed by atoms with Gasteiger partial charge in [-0.1, -0.05) is 72.5 Å². The molecule has 2 aliphatic heterocycles. The fourth-order valence-corrected chi connectivity index (χ4v) is 6.00. The van der Waals surface area contributed by atoms with Crippen LogP contribution >= 0.6 is 24.0 Å². The maximum absolute atomic E-state index is 13.8. The summed E-state index contributed by atoms with van der Waals surface area (Å²) in [5, 5.41) is 1.03. The Morgan fingerprint density at radius 2 is 1.66 bits per heavy atom. The molecule has 0 spiro atoms. The summed E-state index contributed by atoms with van der Waals surface area (Å²) in [4.78, 5) is 33.9. The van der Waals surface area contributed by atoms with Crippen LogP contribution in [0.25, 0.3) is 17.0 Å². The van der Waals surface area contributed by atoms with Crippen LogP contribution in [-0.2, 0) is 17.9 Å². The molecule has 2 aliphatic rings. The van der Waals surface area contributed by atoms with E-state index in [0.717, 1.165) is 48.3 Å². The van der Waals surface area contributed by atoms with E-state index in [0.29, 0.717) is 27.9 Å². The molecule has 0 atom stereocenters. The van der Waals surface area contributed by atoms with Crippen molar-refractivity contribution in [2.75, 3.05) is 38.1 Å². The Kier molecular flexibility index (Phi) is 6.77. The summed E-state index contributed by atoms with van der Waals surface area (Å²) in [7, 11) is 2.11. The quantitative estimate of drug-likeness (QED) is 0.384. The first-order valence-corrected chi connectivity index (χ1v) is 13.1. The molecule has 3 aromatic rings. The maximum atomic E-state index is 13.8. The second kappa shape index (κ2) is 9.97. The molecule has 0 N–H and O–H groups in total. The molecule has 8 heteroatoms. The van der Waals surface area contributed by atoms with Crippen LogP contribution in [0.15, 0.2) is 64.3 Å². The number of carbonyl (C=O) groups excluding carboxylic acids is 1. The monoisotopic (exact) mass is 504 g/mol. The van der Waals surface area contributed by atoms with Gasteiger partial charge < -0.3 is 14.4 Å². The lowest BCUT2D eigenvalue weighted by molar-refractivity contribution is -0.122. The van der Waals surface area contributed by atoms with Crippen LogP contribution in [0, 0.1) is 0 Å². The van der Waals surface area contributed by atoms with Gasteiger partial charge in [0.05, 0.1) is 28.2 Å². The van der Waals surface area contributed by atoms with Crippen molar-refractivity contribution in [3.8, 4) is 0 Å². The minimum absolute atomic E-state index is 0.0755. The largest absolute Gasteiger partial charge is 0.368 e. The van der Waals surface area contributed by atoms with Crippen molar-refractivity contribution in [1.82, 2.24) is 14.4 Å². The highest BCUT2D eigenvalue weighted by Gasteiger charge is 2.33. The van der Waals surface area contributed by atoms with Crippen molar-refractivity contribution >= 4 is 56.9 Å². The molecule has 0 bridgehead atoms. The third-order valence-electron chi connectivity index (χ3n) is 6.65. The topological polar surface area (TPSA) is 48.8 Å². The normalized spacial score (nSPS) is 18.3. The van der Waals surface area contributed by atoms with Gasteiger partial charge in [-0.25, -0.2) is 0 Å². The molecule has 35 heavy (non-hydrogen) atoms. The zero-order chi connectivity index (χ0) is 24.5. The number of aryl methyl sites for hydroxylation is 1. The molecular formula is C27H28N4O2S2. The number of aromatic nitrogens is 1. The summed E-state index contributed by atoms with van der Waals surface area (Å²) in [6, 6.07) is 17.9. The summed E-state index contributed by atoms with van der Waals surface area (Å²) in [5.74, 6) is -0.149. The molecule has 1 aromatic heterocycles. The summed E-state index contributed by atoms with van der Waals surface area (Å²) < 4.78 is 2.31. The number of piperazine rings is 1. The number of benzene rings is 2. The minimum Gasteiger partial charge on any atom is -0.368 e. The average molecular weight is 505 g/mol. The van der Waals surface area contributed by atoms with Gasteiger partial charge in [0, 0.05) is 38.1 Å². The molecule has 6 nitrogen and oxygen atoms in total. The van der Waals surface area contributed by atoms with Gasteiger partial charge in [-0.3, -0.25) is 14.5 Å². The standard InChI is InChI=1S/C27H28N4O2S2/c1-3-30-22-12-8-7-11-20(22)24(29-15-13-28(2)14-16-29)21(25(30)32)17-23-26(33)31(27(34)35-23)18-19-9-5-4-6-10-19/h4-12,17H,3,13-16,18H2,1-2H3. The van der Waals surface area contributed by atoms with Gasteiger partial charge in [0.15, 0.2) is 0 Å². The number of thiocarbonyl (C=S) groups is 1. The van der Waals surface area contributed by atoms with Crippen LogP contribution < -0.4 is 10.5 Å². The number of hydrogen-bond donors (Lipinski definition) is 0. The van der Waals surface area contributed by atoms with E-state index in [1.54, 1.807) is 15.5 Å². The number of rotatable bonds is 5. The molecule has 0 unspecified atom stereocenters. The molecule has 0 aliphatic carbocycles. The zero-order valence-electron chi connectivity index (χ0n) is 19.9. The number of thioether (sulfide) groups is 1. The van der Waals surface area contributed by atoms with Crippen molar-refractivity contribution < 1.29 is 4.79 Å². The third-order valence-corrected chi connectivity index (χ3v) is 8.03. The Labute approximate surface area is 214 Å². The fraction of sp³-hybridized carbons (Fsp3) is 0.296. The van der Waals surface area contributed by atoms with Gasteiger partial charge in [-0.05, 0) is 31.7 Å². The Morgan fingerprint density at radius 1 is 0.971 bits per heavy atom. The number of anilines is 1. The molecule has 180 valence electrons. The van der Waals surface area contributed by atoms with E-state index in [1.165, 1.54) is 11.8 Å². The highest BCUT2D eigenvalue weighted by Crippen LogP contribution is 2.37. The minimum atomic E-state index is -0.149. The first-order valence-electron chi connectivity index (χ1n) is 11.9. The SMILES string of the molecule is CCn1c(=O)c(C=C2SC(=S)N(Cc3ccccc3)C2=O)c(N2CCN(C)CC2)c2ccccc21. The second-order valence-corrected chi connectivity index (χ2v) is 10.5. The summed E-state index contributed by atoms with van der Waals surface area (Å²) in [5.41, 5.74) is 3.34. The van der Waals surface area contributed by atoms with E-state index in [-0.39, 0.29) is 11.5 Å². The molecule has 3 heterocycles. The van der Waals surface area contributed by atoms with E-state index in [2.05, 4.69) is 22.9 Å². The van der Waals surface area contributed by atoms with Crippen molar-refractivity contribution in [3.05, 3.63) is 81.0 Å². The van der Waals surface area contributed by atoms with Crippen LogP contribution in [-0.4, -0.2) is 57.8 Å². The Morgan fingerprint density at radius 3 is 2.37 bits per heavy atom. The molecule has 2 fully saturated rings. The lowest BCUT2D eigenvalue weighted by Gasteiger charge is -2.35. The van der Waals surface area contributed by atoms with Crippen molar-refractivity contribution in [1.29, 1.82) is 0 Å². The van der Waals surface area contributed by atoms with Crippen LogP contribution in [0.3, 0.4) is 0 Å². The number of hydrogen-bond acceptors (Lipinski definition) is 6. The molecular weight excluding hydrogens is 476 g/mol. The molecule has 5 rings (SSSR count). The van der Waals surface area contributed by atoms with E-state index < -0.39 is 0 Å². The first kappa shape index (κ1) is 23.8. The molecule has 0 radical (unpaired) electrons. The second-order valence-electron chi connectivity index (χ2n) is 8.87. The number of likely N-dealkylation sites (N-methyl/N-ethyl adjacent to an activating group) is 1. The smallest absolute Gasteiger partial charge is 0.266 e. The number of pyridine rings is 1. The van der Waals surface area contributed by atoms with Gasteiger partial charge in [-0.15, -0.1) is 0 Å². The third kappa shape index (κ3) is 4.53. The highest BCUT2D eigenvalue weighted by molar-refractivity contribution is 8.26. The number of fused-ring (bicyclic) bond motifs is 1. The van der Waals surface area contributed by atoms with Gasteiger partial charge in [0.2, 0.25) is 0 Å². The number of carbonyl (C=O) groups is 1. The maximum Gasteiger partial charge on any atom is 0.266 e. The van der Waals surface area contributed by atoms with Crippen LogP contribution in [0.2, 0.25) is 0 Å². The molecule has 0 saturated carbocycles. The summed E-state index contributed by atoms with van der Waals surface area (Å²) in [6.45, 7) is 6.45. The highest BCUT2D eigenvalue weighted by atomic mass is 32.2. The number of para-hydroxylation sites is 1. The number of nitrogens with zero attached hydrogens (tertiary/aromatic N) is 4.